The van der Waals surface area contributed by atoms with Crippen molar-refractivity contribution in [1.82, 2.24) is 0 Å². The van der Waals surface area contributed by atoms with Crippen molar-refractivity contribution in [3.05, 3.63) is 0 Å². The second-order valence-corrected chi connectivity index (χ2v) is 2.34. The van der Waals surface area contributed by atoms with Crippen molar-refractivity contribution < 1.29 is 24.3 Å². The van der Waals surface area contributed by atoms with Crippen LogP contribution in [0.2, 0.25) is 0 Å². The third kappa shape index (κ3) is 4.44. The van der Waals surface area contributed by atoms with E-state index in [1.807, 2.05) is 0 Å². The fourth-order valence-electron chi connectivity index (χ4n) is 0.730. The summed E-state index contributed by atoms with van der Waals surface area (Å²) in [7, 11) is 1.24. The Balaban J connectivity index is 4.05. The number of carbonyl (C=O) groups is 2. The lowest BCUT2D eigenvalue weighted by atomic mass is 10.2. The molecule has 0 aromatic carbocycles. The number of oxime groups is 1. The van der Waals surface area contributed by atoms with Gasteiger partial charge in [0.1, 0.15) is 0 Å². The SMILES string of the molecule is CCOC(=O)/C(CCC(=O)OC)=N\O. The van der Waals surface area contributed by atoms with E-state index in [0.717, 1.165) is 0 Å². The molecule has 6 nitrogen and oxygen atoms in total. The van der Waals surface area contributed by atoms with Gasteiger partial charge in [0.05, 0.1) is 20.1 Å². The summed E-state index contributed by atoms with van der Waals surface area (Å²) in [6, 6.07) is 0. The molecule has 0 saturated carbocycles. The average molecular weight is 203 g/mol. The van der Waals surface area contributed by atoms with Gasteiger partial charge in [-0.1, -0.05) is 5.16 Å². The highest BCUT2D eigenvalue weighted by Crippen LogP contribution is 1.97. The molecule has 0 spiro atoms. The lowest BCUT2D eigenvalue weighted by molar-refractivity contribution is -0.140. The van der Waals surface area contributed by atoms with E-state index in [9.17, 15) is 9.59 Å². The summed E-state index contributed by atoms with van der Waals surface area (Å²) >= 11 is 0. The summed E-state index contributed by atoms with van der Waals surface area (Å²) in [6.45, 7) is 1.82. The molecule has 80 valence electrons. The summed E-state index contributed by atoms with van der Waals surface area (Å²) < 4.78 is 8.94. The van der Waals surface area contributed by atoms with Crippen LogP contribution in [0, 0.1) is 0 Å². The molecule has 0 aromatic rings. The molecule has 0 aliphatic carbocycles. The first-order chi connectivity index (χ1) is 6.65. The van der Waals surface area contributed by atoms with Crippen LogP contribution in [0.5, 0.6) is 0 Å². The standard InChI is InChI=1S/C8H13NO5/c1-3-14-8(11)6(9-12)4-5-7(10)13-2/h12H,3-5H2,1-2H3/b9-6-. The molecular weight excluding hydrogens is 190 g/mol. The Morgan fingerprint density at radius 3 is 2.43 bits per heavy atom. The van der Waals surface area contributed by atoms with Crippen molar-refractivity contribution in [2.75, 3.05) is 13.7 Å². The number of methoxy groups -OCH3 is 1. The molecule has 0 amide bonds. The van der Waals surface area contributed by atoms with Gasteiger partial charge in [-0.25, -0.2) is 4.79 Å². The number of hydrogen-bond donors (Lipinski definition) is 1. The number of hydrogen-bond acceptors (Lipinski definition) is 6. The highest BCUT2D eigenvalue weighted by Gasteiger charge is 2.15. The monoisotopic (exact) mass is 203 g/mol. The zero-order valence-electron chi connectivity index (χ0n) is 8.15. The fraction of sp³-hybridized carbons (Fsp3) is 0.625. The summed E-state index contributed by atoms with van der Waals surface area (Å²) in [5.41, 5.74) is -0.183. The number of carbonyl (C=O) groups excluding carboxylic acids is 2. The summed E-state index contributed by atoms with van der Waals surface area (Å²) in [4.78, 5) is 21.7. The predicted octanol–water partition coefficient (Wildman–Crippen LogP) is 0.333. The van der Waals surface area contributed by atoms with E-state index in [0.29, 0.717) is 0 Å². The van der Waals surface area contributed by atoms with Crippen molar-refractivity contribution in [3.63, 3.8) is 0 Å². The van der Waals surface area contributed by atoms with Crippen molar-refractivity contribution in [2.24, 2.45) is 5.16 Å². The fourth-order valence-corrected chi connectivity index (χ4v) is 0.730. The number of nitrogens with zero attached hydrogens (tertiary/aromatic N) is 1. The normalized spacial score (nSPS) is 10.9. The molecule has 0 fully saturated rings. The van der Waals surface area contributed by atoms with E-state index >= 15 is 0 Å². The first-order valence-electron chi connectivity index (χ1n) is 4.10. The van der Waals surface area contributed by atoms with Crippen LogP contribution in [-0.2, 0) is 19.1 Å². The van der Waals surface area contributed by atoms with Crippen molar-refractivity contribution in [1.29, 1.82) is 0 Å². The minimum atomic E-state index is -0.723. The largest absolute Gasteiger partial charge is 0.469 e. The molecule has 0 aliphatic heterocycles. The molecule has 14 heavy (non-hydrogen) atoms. The van der Waals surface area contributed by atoms with Gasteiger partial charge in [-0.2, -0.15) is 0 Å². The van der Waals surface area contributed by atoms with Crippen LogP contribution < -0.4 is 0 Å². The van der Waals surface area contributed by atoms with Crippen molar-refractivity contribution in [3.8, 4) is 0 Å². The summed E-state index contributed by atoms with van der Waals surface area (Å²) in [6.07, 6.45) is -0.0171. The van der Waals surface area contributed by atoms with Gasteiger partial charge < -0.3 is 14.7 Å². The van der Waals surface area contributed by atoms with Crippen LogP contribution >= 0.6 is 0 Å². The smallest absolute Gasteiger partial charge is 0.356 e. The van der Waals surface area contributed by atoms with E-state index in [-0.39, 0.29) is 25.2 Å². The Morgan fingerprint density at radius 1 is 1.36 bits per heavy atom. The lowest BCUT2D eigenvalue weighted by Crippen LogP contribution is -2.19. The molecule has 0 atom stereocenters. The second-order valence-electron chi connectivity index (χ2n) is 2.34. The Kier molecular flexibility index (Phi) is 6.09. The van der Waals surface area contributed by atoms with Gasteiger partial charge in [-0.05, 0) is 6.92 Å². The summed E-state index contributed by atoms with van der Waals surface area (Å²) in [5, 5.41) is 11.2. The van der Waals surface area contributed by atoms with E-state index in [1.54, 1.807) is 6.92 Å². The topological polar surface area (TPSA) is 85.2 Å². The Hall–Kier alpha value is -1.59. The van der Waals surface area contributed by atoms with Crippen molar-refractivity contribution in [2.45, 2.75) is 19.8 Å². The van der Waals surface area contributed by atoms with E-state index in [1.165, 1.54) is 7.11 Å². The lowest BCUT2D eigenvalue weighted by Gasteiger charge is -2.02. The second kappa shape index (κ2) is 6.88. The van der Waals surface area contributed by atoms with Gasteiger partial charge in [0.25, 0.3) is 0 Å². The molecular formula is C8H13NO5. The first-order valence-corrected chi connectivity index (χ1v) is 4.10. The minimum absolute atomic E-state index is 0.00199. The van der Waals surface area contributed by atoms with E-state index in [2.05, 4.69) is 14.6 Å². The Labute approximate surface area is 81.5 Å². The molecule has 1 N–H and O–H groups in total. The number of ether oxygens (including phenoxy) is 2. The van der Waals surface area contributed by atoms with Gasteiger partial charge in [0.2, 0.25) is 0 Å². The molecule has 6 heteroatoms. The van der Waals surface area contributed by atoms with Gasteiger partial charge in [-0.3, -0.25) is 4.79 Å². The number of rotatable bonds is 5. The zero-order valence-corrected chi connectivity index (χ0v) is 8.15. The van der Waals surface area contributed by atoms with Crippen LogP contribution in [0.25, 0.3) is 0 Å². The first kappa shape index (κ1) is 12.4. The molecule has 0 unspecified atom stereocenters. The average Bonchev–Trinajstić information content (AvgIpc) is 2.18. The van der Waals surface area contributed by atoms with Gasteiger partial charge >= 0.3 is 11.9 Å². The van der Waals surface area contributed by atoms with Crippen LogP contribution in [0.3, 0.4) is 0 Å². The minimum Gasteiger partial charge on any atom is -0.469 e. The predicted molar refractivity (Wildman–Crippen MR) is 47.1 cm³/mol. The Morgan fingerprint density at radius 2 is 2.00 bits per heavy atom. The molecule has 0 rings (SSSR count). The van der Waals surface area contributed by atoms with Crippen LogP contribution in [0.4, 0.5) is 0 Å². The molecule has 0 aliphatic rings. The molecule has 0 bridgehead atoms. The maximum atomic E-state index is 11.0. The third-order valence-corrected chi connectivity index (χ3v) is 1.43. The van der Waals surface area contributed by atoms with Crippen molar-refractivity contribution >= 4 is 17.7 Å². The molecule has 0 aromatic heterocycles. The maximum absolute atomic E-state index is 11.0. The Bertz CT molecular complexity index is 236. The highest BCUT2D eigenvalue weighted by molar-refractivity contribution is 6.36. The van der Waals surface area contributed by atoms with E-state index in [4.69, 9.17) is 5.21 Å². The van der Waals surface area contributed by atoms with E-state index < -0.39 is 11.9 Å². The van der Waals surface area contributed by atoms with Crippen LogP contribution in [0.1, 0.15) is 19.8 Å². The summed E-state index contributed by atoms with van der Waals surface area (Å²) in [5.74, 6) is -1.20. The molecule has 0 radical (unpaired) electrons. The quantitative estimate of drug-likeness (QED) is 0.301. The molecule has 0 heterocycles. The van der Waals surface area contributed by atoms with Gasteiger partial charge in [-0.15, -0.1) is 0 Å². The zero-order chi connectivity index (χ0) is 11.0. The van der Waals surface area contributed by atoms with Crippen LogP contribution in [-0.4, -0.2) is 36.6 Å². The molecule has 0 saturated heterocycles. The maximum Gasteiger partial charge on any atom is 0.356 e. The number of esters is 2. The third-order valence-electron chi connectivity index (χ3n) is 1.43. The van der Waals surface area contributed by atoms with Crippen LogP contribution in [0.15, 0.2) is 5.16 Å². The van der Waals surface area contributed by atoms with Gasteiger partial charge in [0, 0.05) is 6.42 Å². The van der Waals surface area contributed by atoms with Gasteiger partial charge in [0.15, 0.2) is 5.71 Å². The highest BCUT2D eigenvalue weighted by atomic mass is 16.5.